The molecule has 2 amide bonds. The van der Waals surface area contributed by atoms with Gasteiger partial charge in [-0.1, -0.05) is 6.08 Å². The second kappa shape index (κ2) is 8.47. The number of amides is 2. The maximum atomic E-state index is 12.0. The van der Waals surface area contributed by atoms with Crippen molar-refractivity contribution in [3.63, 3.8) is 0 Å². The van der Waals surface area contributed by atoms with Crippen LogP contribution >= 0.6 is 11.3 Å². The van der Waals surface area contributed by atoms with Crippen molar-refractivity contribution in [2.75, 3.05) is 52.9 Å². The third-order valence-corrected chi connectivity index (χ3v) is 6.09. The Morgan fingerprint density at radius 2 is 2.04 bits per heavy atom. The van der Waals surface area contributed by atoms with Crippen molar-refractivity contribution in [1.82, 2.24) is 25.0 Å². The van der Waals surface area contributed by atoms with Crippen LogP contribution in [-0.4, -0.2) is 83.7 Å². The highest BCUT2D eigenvalue weighted by Crippen LogP contribution is 2.33. The van der Waals surface area contributed by atoms with Crippen molar-refractivity contribution in [3.8, 4) is 0 Å². The van der Waals surface area contributed by atoms with Gasteiger partial charge in [0.05, 0.1) is 12.2 Å². The number of hydrogen-bond acceptors (Lipinski definition) is 6. The van der Waals surface area contributed by atoms with Crippen molar-refractivity contribution < 1.29 is 9.90 Å². The predicted octanol–water partition coefficient (Wildman–Crippen LogP) is 1.07. The highest BCUT2D eigenvalue weighted by atomic mass is 32.1. The van der Waals surface area contributed by atoms with E-state index < -0.39 is 5.60 Å². The van der Waals surface area contributed by atoms with Gasteiger partial charge in [-0.15, -0.1) is 17.9 Å². The topological polar surface area (TPSA) is 71.9 Å². The van der Waals surface area contributed by atoms with E-state index in [0.717, 1.165) is 43.4 Å². The van der Waals surface area contributed by atoms with Crippen LogP contribution in [-0.2, 0) is 12.1 Å². The van der Waals surface area contributed by atoms with Gasteiger partial charge in [-0.05, 0) is 19.9 Å². The first kappa shape index (κ1) is 19.3. The molecule has 7 nitrogen and oxygen atoms in total. The van der Waals surface area contributed by atoms with E-state index in [9.17, 15) is 9.90 Å². The SMILES string of the molecule is C=CCNC(=O)N1CCC(O)(c2csc(CN3CCN(C)CC3)n2)CC1. The summed E-state index contributed by atoms with van der Waals surface area (Å²) in [5, 5.41) is 16.9. The lowest BCUT2D eigenvalue weighted by atomic mass is 9.89. The van der Waals surface area contributed by atoms with Gasteiger partial charge in [0.15, 0.2) is 0 Å². The van der Waals surface area contributed by atoms with Crippen LogP contribution in [0.4, 0.5) is 4.79 Å². The number of likely N-dealkylation sites (N-methyl/N-ethyl adjacent to an activating group) is 1. The number of carbonyl (C=O) groups is 1. The summed E-state index contributed by atoms with van der Waals surface area (Å²) in [4.78, 5) is 23.2. The van der Waals surface area contributed by atoms with Crippen molar-refractivity contribution in [1.29, 1.82) is 0 Å². The molecule has 0 aliphatic carbocycles. The molecule has 26 heavy (non-hydrogen) atoms. The van der Waals surface area contributed by atoms with Gasteiger partial charge < -0.3 is 20.2 Å². The summed E-state index contributed by atoms with van der Waals surface area (Å²) in [5.41, 5.74) is -0.163. The van der Waals surface area contributed by atoms with Gasteiger partial charge in [-0.3, -0.25) is 4.90 Å². The largest absolute Gasteiger partial charge is 0.383 e. The fourth-order valence-electron chi connectivity index (χ4n) is 3.40. The standard InChI is InChI=1S/C18H29N5O2S/c1-3-6-19-17(24)23-7-4-18(25,5-8-23)15-14-26-16(20-15)13-22-11-9-21(2)10-12-22/h3,14,25H,1,4-13H2,2H3,(H,19,24). The first-order valence-electron chi connectivity index (χ1n) is 9.22. The number of carbonyl (C=O) groups excluding carboxylic acids is 1. The number of urea groups is 1. The molecule has 2 fully saturated rings. The number of likely N-dealkylation sites (tertiary alicyclic amines) is 1. The number of hydrogen-bond donors (Lipinski definition) is 2. The highest BCUT2D eigenvalue weighted by Gasteiger charge is 2.37. The van der Waals surface area contributed by atoms with Gasteiger partial charge in [0.2, 0.25) is 0 Å². The summed E-state index contributed by atoms with van der Waals surface area (Å²) in [7, 11) is 2.15. The smallest absolute Gasteiger partial charge is 0.317 e. The Morgan fingerprint density at radius 1 is 1.35 bits per heavy atom. The fourth-order valence-corrected chi connectivity index (χ4v) is 4.33. The van der Waals surface area contributed by atoms with E-state index in [1.165, 1.54) is 0 Å². The molecule has 0 radical (unpaired) electrons. The Bertz CT molecular complexity index is 619. The first-order chi connectivity index (χ1) is 12.5. The zero-order chi connectivity index (χ0) is 18.6. The molecule has 8 heteroatoms. The number of nitrogens with one attached hydrogen (secondary N) is 1. The van der Waals surface area contributed by atoms with E-state index in [0.29, 0.717) is 32.5 Å². The number of thiazole rings is 1. The van der Waals surface area contributed by atoms with Crippen molar-refractivity contribution in [2.24, 2.45) is 0 Å². The molecular formula is C18H29N5O2S. The molecule has 1 aromatic rings. The molecule has 0 unspecified atom stereocenters. The normalized spacial score (nSPS) is 21.5. The Kier molecular flexibility index (Phi) is 6.29. The Balaban J connectivity index is 1.54. The molecule has 0 bridgehead atoms. The summed E-state index contributed by atoms with van der Waals surface area (Å²) in [5.74, 6) is 0. The lowest BCUT2D eigenvalue weighted by Gasteiger charge is -2.37. The van der Waals surface area contributed by atoms with E-state index >= 15 is 0 Å². The van der Waals surface area contributed by atoms with Gasteiger partial charge in [0.25, 0.3) is 0 Å². The number of aromatic nitrogens is 1. The summed E-state index contributed by atoms with van der Waals surface area (Å²) in [6.45, 7) is 10.3. The number of aliphatic hydroxyl groups is 1. The summed E-state index contributed by atoms with van der Waals surface area (Å²) >= 11 is 1.62. The van der Waals surface area contributed by atoms with Crippen molar-refractivity contribution in [3.05, 3.63) is 28.7 Å². The minimum Gasteiger partial charge on any atom is -0.383 e. The van der Waals surface area contributed by atoms with Gasteiger partial charge >= 0.3 is 6.03 Å². The summed E-state index contributed by atoms with van der Waals surface area (Å²) in [6, 6.07) is -0.0963. The number of piperidine rings is 1. The monoisotopic (exact) mass is 379 g/mol. The van der Waals surface area contributed by atoms with E-state index in [1.807, 2.05) is 5.38 Å². The van der Waals surface area contributed by atoms with Crippen LogP contribution in [0.1, 0.15) is 23.5 Å². The summed E-state index contributed by atoms with van der Waals surface area (Å²) < 4.78 is 0. The molecule has 144 valence electrons. The first-order valence-corrected chi connectivity index (χ1v) is 10.1. The van der Waals surface area contributed by atoms with Crippen molar-refractivity contribution >= 4 is 17.4 Å². The average Bonchev–Trinajstić information content (AvgIpc) is 3.12. The van der Waals surface area contributed by atoms with Crippen LogP contribution in [0.2, 0.25) is 0 Å². The molecule has 3 heterocycles. The maximum Gasteiger partial charge on any atom is 0.317 e. The molecule has 2 aliphatic rings. The van der Waals surface area contributed by atoms with Crippen LogP contribution in [0.3, 0.4) is 0 Å². The molecule has 0 aromatic carbocycles. The predicted molar refractivity (Wildman–Crippen MR) is 103 cm³/mol. The molecule has 0 spiro atoms. The van der Waals surface area contributed by atoms with Gasteiger partial charge in [-0.2, -0.15) is 0 Å². The van der Waals surface area contributed by atoms with Crippen LogP contribution in [0.5, 0.6) is 0 Å². The lowest BCUT2D eigenvalue weighted by molar-refractivity contribution is -0.0200. The summed E-state index contributed by atoms with van der Waals surface area (Å²) in [6.07, 6.45) is 2.70. The van der Waals surface area contributed by atoms with Gasteiger partial charge in [-0.25, -0.2) is 9.78 Å². The molecule has 0 saturated carbocycles. The van der Waals surface area contributed by atoms with Crippen LogP contribution < -0.4 is 5.32 Å². The fraction of sp³-hybridized carbons (Fsp3) is 0.667. The Hall–Kier alpha value is -1.48. The van der Waals surface area contributed by atoms with E-state index in [1.54, 1.807) is 22.3 Å². The minimum atomic E-state index is -0.925. The van der Waals surface area contributed by atoms with Gasteiger partial charge in [0.1, 0.15) is 10.6 Å². The quantitative estimate of drug-likeness (QED) is 0.749. The van der Waals surface area contributed by atoms with Crippen LogP contribution in [0.25, 0.3) is 0 Å². The zero-order valence-electron chi connectivity index (χ0n) is 15.5. The molecule has 2 saturated heterocycles. The molecule has 1 aromatic heterocycles. The third kappa shape index (κ3) is 4.62. The van der Waals surface area contributed by atoms with E-state index in [2.05, 4.69) is 28.7 Å². The Labute approximate surface area is 159 Å². The lowest BCUT2D eigenvalue weighted by Crippen LogP contribution is -2.49. The highest BCUT2D eigenvalue weighted by molar-refractivity contribution is 7.09. The molecule has 0 atom stereocenters. The maximum absolute atomic E-state index is 12.0. The minimum absolute atomic E-state index is 0.0963. The number of rotatable bonds is 5. The van der Waals surface area contributed by atoms with Crippen LogP contribution in [0.15, 0.2) is 18.0 Å². The molecule has 2 N–H and O–H groups in total. The Morgan fingerprint density at radius 3 is 2.69 bits per heavy atom. The van der Waals surface area contributed by atoms with Crippen molar-refractivity contribution in [2.45, 2.75) is 25.0 Å². The zero-order valence-corrected chi connectivity index (χ0v) is 16.3. The molecular weight excluding hydrogens is 350 g/mol. The third-order valence-electron chi connectivity index (χ3n) is 5.26. The van der Waals surface area contributed by atoms with Crippen LogP contribution in [0, 0.1) is 0 Å². The molecule has 2 aliphatic heterocycles. The molecule has 3 rings (SSSR count). The second-order valence-corrected chi connectivity index (χ2v) is 8.14. The van der Waals surface area contributed by atoms with Gasteiger partial charge in [0, 0.05) is 51.2 Å². The second-order valence-electron chi connectivity index (χ2n) is 7.20. The number of nitrogens with zero attached hydrogens (tertiary/aromatic N) is 4. The van der Waals surface area contributed by atoms with E-state index in [-0.39, 0.29) is 6.03 Å². The van der Waals surface area contributed by atoms with E-state index in [4.69, 9.17) is 4.98 Å². The number of piperazine rings is 1. The average molecular weight is 380 g/mol.